The van der Waals surface area contributed by atoms with Crippen LogP contribution >= 0.6 is 0 Å². The highest BCUT2D eigenvalue weighted by Gasteiger charge is 2.64. The third kappa shape index (κ3) is 7.40. The maximum atomic E-state index is 14.9. The van der Waals surface area contributed by atoms with Crippen LogP contribution in [0, 0.1) is 5.92 Å². The van der Waals surface area contributed by atoms with E-state index in [4.69, 9.17) is 9.47 Å². The van der Waals surface area contributed by atoms with E-state index in [9.17, 15) is 41.5 Å². The quantitative estimate of drug-likeness (QED) is 0.292. The molecule has 2 saturated carbocycles. The first-order valence-corrected chi connectivity index (χ1v) is 21.3. The second-order valence-electron chi connectivity index (χ2n) is 16.6. The first kappa shape index (κ1) is 40.6. The molecule has 1 aromatic heterocycles. The molecule has 2 aliphatic carbocycles. The number of nitrogens with zero attached hydrogens (tertiary/aromatic N) is 3. The number of ether oxygens (including phenoxy) is 2. The average Bonchev–Trinajstić information content (AvgIpc) is 4.06. The van der Waals surface area contributed by atoms with E-state index in [2.05, 4.69) is 15.0 Å². The second kappa shape index (κ2) is 15.0. The number of amides is 4. The molecule has 1 unspecified atom stereocenters. The molecular weight excluding hydrogens is 765 g/mol. The van der Waals surface area contributed by atoms with Gasteiger partial charge in [0.25, 0.3) is 12.3 Å². The van der Waals surface area contributed by atoms with Crippen molar-refractivity contribution in [1.29, 1.82) is 0 Å². The molecule has 3 aliphatic heterocycles. The molecule has 7 rings (SSSR count). The van der Waals surface area contributed by atoms with Crippen molar-refractivity contribution in [2.24, 2.45) is 5.92 Å². The van der Waals surface area contributed by atoms with Crippen molar-refractivity contribution < 1.29 is 51.0 Å². The smallest absolute Gasteiger partial charge is 0.408 e. The number of hydrogen-bond donors (Lipinski definition) is 3. The number of benzene rings is 1. The molecule has 14 nitrogen and oxygen atoms in total. The minimum absolute atomic E-state index is 0.117. The van der Waals surface area contributed by atoms with E-state index in [1.807, 2.05) is 13.0 Å². The Labute approximate surface area is 330 Å². The minimum atomic E-state index is -4.07. The van der Waals surface area contributed by atoms with Gasteiger partial charge in [0.15, 0.2) is 5.75 Å². The molecule has 1 spiro atoms. The maximum Gasteiger partial charge on any atom is 0.408 e. The summed E-state index contributed by atoms with van der Waals surface area (Å²) >= 11 is 0. The number of rotatable bonds is 8. The van der Waals surface area contributed by atoms with Gasteiger partial charge in [-0.2, -0.15) is 0 Å². The van der Waals surface area contributed by atoms with Crippen LogP contribution in [0.5, 0.6) is 11.5 Å². The molecule has 310 valence electrons. The first-order chi connectivity index (χ1) is 27.0. The van der Waals surface area contributed by atoms with E-state index >= 15 is 0 Å². The number of methoxy groups -OCH3 is 1. The lowest BCUT2D eigenvalue weighted by Crippen LogP contribution is -2.59. The Morgan fingerprint density at radius 3 is 2.60 bits per heavy atom. The van der Waals surface area contributed by atoms with Gasteiger partial charge in [-0.25, -0.2) is 27.0 Å². The molecule has 2 aromatic rings. The van der Waals surface area contributed by atoms with Crippen molar-refractivity contribution >= 4 is 44.7 Å². The number of allylic oxidation sites excluding steroid dienone is 1. The van der Waals surface area contributed by atoms with Gasteiger partial charge < -0.3 is 24.8 Å². The van der Waals surface area contributed by atoms with E-state index in [0.717, 1.165) is 4.90 Å². The Balaban J connectivity index is 1.29. The summed E-state index contributed by atoms with van der Waals surface area (Å²) in [5.74, 6) is -2.45. The number of alkyl halides is 2. The zero-order chi connectivity index (χ0) is 41.1. The summed E-state index contributed by atoms with van der Waals surface area (Å²) in [5, 5.41) is 13.9. The predicted octanol–water partition coefficient (Wildman–Crippen LogP) is 5.39. The third-order valence-electron chi connectivity index (χ3n) is 12.8. The summed E-state index contributed by atoms with van der Waals surface area (Å²) in [6.45, 7) is 4.84. The van der Waals surface area contributed by atoms with Crippen LogP contribution in [0.3, 0.4) is 0 Å². The number of carbonyl (C=O) groups excluding carboxylic acids is 3. The molecule has 4 amide bonds. The zero-order valence-corrected chi connectivity index (χ0v) is 33.5. The number of hydrogen-bond acceptors (Lipinski definition) is 9. The van der Waals surface area contributed by atoms with E-state index in [0.29, 0.717) is 67.2 Å². The molecule has 0 bridgehead atoms. The van der Waals surface area contributed by atoms with E-state index < -0.39 is 85.9 Å². The summed E-state index contributed by atoms with van der Waals surface area (Å²) in [5.41, 5.74) is -2.77. The van der Waals surface area contributed by atoms with Gasteiger partial charge >= 0.3 is 6.09 Å². The molecule has 4 heterocycles. The molecule has 6 atom stereocenters. The van der Waals surface area contributed by atoms with Gasteiger partial charge in [0.2, 0.25) is 21.8 Å². The standard InChI is InChI=1S/C40H51F2N5O9S/c1-5-23(2)47(37(51)52)29-12-10-8-6-7-9-11-24-20-40(24,36(50)45-57(53,54)38(3)17-18-38)44-34(48)30-21-39(22-46(30)35(29)49)16-15-26-27-19-25(55-4)13-14-28(27)43-31(33(41)42)32(26)56-39/h9,11,13-14,19,23-24,29-30,33H,5-8,10,12,15-18,20-22H2,1-4H3,(H,44,48)(H,45,50)(H,51,52)/b11-9-/t23?,24-,29+,30+,39-,40-/m1/s1. The van der Waals surface area contributed by atoms with Crippen molar-refractivity contribution in [3.8, 4) is 11.5 Å². The lowest BCUT2D eigenvalue weighted by atomic mass is 9.87. The van der Waals surface area contributed by atoms with Crippen molar-refractivity contribution in [1.82, 2.24) is 24.8 Å². The normalized spacial score (nSPS) is 29.5. The van der Waals surface area contributed by atoms with Crippen LogP contribution < -0.4 is 19.5 Å². The van der Waals surface area contributed by atoms with Crippen LogP contribution in [-0.2, 0) is 30.8 Å². The SMILES string of the molecule is CCC(C)N(C(=O)O)[C@H]1CCCCC/C=C\[C@@H]2C[C@@]2(C(=O)NS(=O)(=O)C2(C)CC2)NC(=O)[C@@H]2C[C@]3(CCc4c(c(C(F)F)nc5ccc(OC)cc45)O3)CN2C1=O. The van der Waals surface area contributed by atoms with Crippen LogP contribution in [-0.4, -0.2) is 99.8 Å². The number of aryl methyl sites for hydroxylation is 1. The van der Waals surface area contributed by atoms with E-state index in [1.54, 1.807) is 38.1 Å². The molecule has 1 aromatic carbocycles. The van der Waals surface area contributed by atoms with Crippen molar-refractivity contribution in [2.75, 3.05) is 13.7 Å². The van der Waals surface area contributed by atoms with Crippen molar-refractivity contribution in [3.63, 3.8) is 0 Å². The third-order valence-corrected chi connectivity index (χ3v) is 15.0. The number of pyridine rings is 1. The fraction of sp³-hybridized carbons (Fsp3) is 0.625. The van der Waals surface area contributed by atoms with Crippen molar-refractivity contribution in [3.05, 3.63) is 41.6 Å². The summed E-state index contributed by atoms with van der Waals surface area (Å²) < 4.78 is 69.0. The van der Waals surface area contributed by atoms with Gasteiger partial charge in [0.05, 0.1) is 23.9 Å². The fourth-order valence-electron chi connectivity index (χ4n) is 8.74. The summed E-state index contributed by atoms with van der Waals surface area (Å²) in [7, 11) is -2.58. The number of carbonyl (C=O) groups is 4. The van der Waals surface area contributed by atoms with Gasteiger partial charge in [-0.05, 0) is 89.8 Å². The van der Waals surface area contributed by atoms with Crippen LogP contribution in [0.2, 0.25) is 0 Å². The summed E-state index contributed by atoms with van der Waals surface area (Å²) in [6, 6.07) is 1.86. The van der Waals surface area contributed by atoms with Gasteiger partial charge in [-0.15, -0.1) is 0 Å². The average molecular weight is 816 g/mol. The lowest BCUT2D eigenvalue weighted by Gasteiger charge is -2.38. The predicted molar refractivity (Wildman–Crippen MR) is 204 cm³/mol. The Morgan fingerprint density at radius 2 is 1.93 bits per heavy atom. The van der Waals surface area contributed by atoms with E-state index in [-0.39, 0.29) is 44.4 Å². The molecule has 5 aliphatic rings. The molecule has 3 fully saturated rings. The second-order valence-corrected chi connectivity index (χ2v) is 18.8. The largest absolute Gasteiger partial charge is 0.497 e. The molecular formula is C40H51F2N5O9S. The number of carboxylic acid groups (broad SMARTS) is 1. The zero-order valence-electron chi connectivity index (χ0n) is 32.7. The maximum absolute atomic E-state index is 14.9. The Hall–Kier alpha value is -4.54. The number of aromatic nitrogens is 1. The number of halogens is 2. The molecule has 57 heavy (non-hydrogen) atoms. The minimum Gasteiger partial charge on any atom is -0.497 e. The lowest BCUT2D eigenvalue weighted by molar-refractivity contribution is -0.144. The molecule has 3 N–H and O–H groups in total. The summed E-state index contributed by atoms with van der Waals surface area (Å²) in [6.07, 6.45) is 3.66. The number of nitrogens with one attached hydrogen (secondary N) is 2. The number of fused-ring (bicyclic) bond motifs is 5. The van der Waals surface area contributed by atoms with Crippen LogP contribution in [0.25, 0.3) is 10.9 Å². The molecule has 17 heteroatoms. The highest BCUT2D eigenvalue weighted by molar-refractivity contribution is 7.91. The van der Waals surface area contributed by atoms with Crippen LogP contribution in [0.1, 0.15) is 109 Å². The topological polar surface area (TPSA) is 185 Å². The Kier molecular flexibility index (Phi) is 10.7. The van der Waals surface area contributed by atoms with Crippen LogP contribution in [0.15, 0.2) is 30.4 Å². The highest BCUT2D eigenvalue weighted by Crippen LogP contribution is 2.50. The van der Waals surface area contributed by atoms with Crippen molar-refractivity contribution in [2.45, 2.75) is 138 Å². The monoisotopic (exact) mass is 815 g/mol. The summed E-state index contributed by atoms with van der Waals surface area (Å²) in [4.78, 5) is 63.1. The van der Waals surface area contributed by atoms with E-state index in [1.165, 1.54) is 12.0 Å². The van der Waals surface area contributed by atoms with Crippen LogP contribution in [0.4, 0.5) is 13.6 Å². The Morgan fingerprint density at radius 1 is 1.18 bits per heavy atom. The highest BCUT2D eigenvalue weighted by atomic mass is 32.2. The van der Waals surface area contributed by atoms with Gasteiger partial charge in [0.1, 0.15) is 34.7 Å². The fourth-order valence-corrected chi connectivity index (χ4v) is 10.1. The first-order valence-electron chi connectivity index (χ1n) is 19.8. The van der Waals surface area contributed by atoms with Gasteiger partial charge in [-0.3, -0.25) is 24.0 Å². The Bertz CT molecular complexity index is 2110. The van der Waals surface area contributed by atoms with Gasteiger partial charge in [-0.1, -0.05) is 31.9 Å². The molecule has 1 saturated heterocycles. The number of sulfonamides is 1. The van der Waals surface area contributed by atoms with Gasteiger partial charge in [0, 0.05) is 29.3 Å². The molecule has 0 radical (unpaired) electrons.